The van der Waals surface area contributed by atoms with E-state index in [4.69, 9.17) is 9.47 Å². The lowest BCUT2D eigenvalue weighted by Crippen LogP contribution is -2.04. The van der Waals surface area contributed by atoms with Gasteiger partial charge in [-0.2, -0.15) is 0 Å². The number of rotatable bonds is 3. The first-order chi connectivity index (χ1) is 8.15. The molecule has 5 heteroatoms. The van der Waals surface area contributed by atoms with E-state index < -0.39 is 11.8 Å². The van der Waals surface area contributed by atoms with Crippen molar-refractivity contribution in [2.75, 3.05) is 13.7 Å². The summed E-state index contributed by atoms with van der Waals surface area (Å²) in [5, 5.41) is 0.574. The lowest BCUT2D eigenvalue weighted by atomic mass is 10.2. The summed E-state index contributed by atoms with van der Waals surface area (Å²) < 4.78 is 23.4. The van der Waals surface area contributed by atoms with Crippen molar-refractivity contribution in [3.8, 4) is 5.75 Å². The number of hydrogen-bond acceptors (Lipinski definition) is 3. The second-order valence-electron chi connectivity index (χ2n) is 3.48. The lowest BCUT2D eigenvalue weighted by Gasteiger charge is -1.99. The predicted octanol–water partition coefficient (Wildman–Crippen LogP) is 2.49. The summed E-state index contributed by atoms with van der Waals surface area (Å²) in [7, 11) is 1.46. The quantitative estimate of drug-likeness (QED) is 0.834. The van der Waals surface area contributed by atoms with Crippen LogP contribution in [-0.4, -0.2) is 24.7 Å². The zero-order valence-electron chi connectivity index (χ0n) is 9.54. The third kappa shape index (κ3) is 2.08. The Bertz CT molecular complexity index is 562. The van der Waals surface area contributed by atoms with Crippen molar-refractivity contribution in [1.29, 1.82) is 0 Å². The summed E-state index contributed by atoms with van der Waals surface area (Å²) >= 11 is 0. The number of aromatic nitrogens is 1. The van der Waals surface area contributed by atoms with E-state index in [-0.39, 0.29) is 17.8 Å². The van der Waals surface area contributed by atoms with Crippen LogP contribution in [0, 0.1) is 5.82 Å². The van der Waals surface area contributed by atoms with Gasteiger partial charge in [-0.15, -0.1) is 0 Å². The van der Waals surface area contributed by atoms with Crippen LogP contribution in [-0.2, 0) is 4.74 Å². The van der Waals surface area contributed by atoms with Gasteiger partial charge in [-0.05, 0) is 19.1 Å². The number of aromatic amines is 1. The second-order valence-corrected chi connectivity index (χ2v) is 3.48. The van der Waals surface area contributed by atoms with Gasteiger partial charge in [-0.25, -0.2) is 9.18 Å². The Morgan fingerprint density at radius 3 is 2.82 bits per heavy atom. The van der Waals surface area contributed by atoms with E-state index in [0.717, 1.165) is 0 Å². The number of fused-ring (bicyclic) bond motifs is 1. The van der Waals surface area contributed by atoms with Crippen LogP contribution in [0.25, 0.3) is 10.9 Å². The van der Waals surface area contributed by atoms with Gasteiger partial charge >= 0.3 is 5.97 Å². The highest BCUT2D eigenvalue weighted by Gasteiger charge is 2.13. The molecule has 2 aromatic rings. The monoisotopic (exact) mass is 237 g/mol. The van der Waals surface area contributed by atoms with Crippen molar-refractivity contribution < 1.29 is 18.7 Å². The summed E-state index contributed by atoms with van der Waals surface area (Å²) in [6, 6.07) is 4.45. The molecule has 0 fully saturated rings. The number of carbonyl (C=O) groups excluding carboxylic acids is 1. The molecule has 4 nitrogen and oxygen atoms in total. The third-order valence-electron chi connectivity index (χ3n) is 2.38. The van der Waals surface area contributed by atoms with Crippen molar-refractivity contribution in [2.24, 2.45) is 0 Å². The number of ether oxygens (including phenoxy) is 2. The molecule has 1 heterocycles. The lowest BCUT2D eigenvalue weighted by molar-refractivity contribution is 0.0520. The smallest absolute Gasteiger partial charge is 0.354 e. The third-order valence-corrected chi connectivity index (χ3v) is 2.38. The van der Waals surface area contributed by atoms with Gasteiger partial charge in [0.2, 0.25) is 0 Å². The molecule has 0 saturated carbocycles. The van der Waals surface area contributed by atoms with E-state index in [2.05, 4.69) is 4.98 Å². The van der Waals surface area contributed by atoms with Crippen molar-refractivity contribution in [3.63, 3.8) is 0 Å². The largest absolute Gasteiger partial charge is 0.497 e. The van der Waals surface area contributed by atoms with E-state index in [1.165, 1.54) is 13.2 Å². The van der Waals surface area contributed by atoms with Crippen molar-refractivity contribution in [3.05, 3.63) is 29.7 Å². The Morgan fingerprint density at radius 2 is 2.18 bits per heavy atom. The van der Waals surface area contributed by atoms with E-state index in [0.29, 0.717) is 11.1 Å². The van der Waals surface area contributed by atoms with Gasteiger partial charge in [0.05, 0.1) is 19.2 Å². The van der Waals surface area contributed by atoms with Crippen molar-refractivity contribution in [2.45, 2.75) is 6.92 Å². The zero-order chi connectivity index (χ0) is 12.4. The molecule has 0 atom stereocenters. The van der Waals surface area contributed by atoms with Gasteiger partial charge in [0.25, 0.3) is 0 Å². The topological polar surface area (TPSA) is 51.3 Å². The van der Waals surface area contributed by atoms with Gasteiger partial charge < -0.3 is 14.5 Å². The summed E-state index contributed by atoms with van der Waals surface area (Å²) in [6.07, 6.45) is 0. The number of halogens is 1. The predicted molar refractivity (Wildman–Crippen MR) is 60.8 cm³/mol. The Balaban J connectivity index is 2.49. The van der Waals surface area contributed by atoms with Crippen LogP contribution in [0.2, 0.25) is 0 Å². The van der Waals surface area contributed by atoms with Crippen LogP contribution in [0.4, 0.5) is 4.39 Å². The minimum absolute atomic E-state index is 0.231. The number of methoxy groups -OCH3 is 1. The molecule has 0 unspecified atom stereocenters. The highest BCUT2D eigenvalue weighted by Crippen LogP contribution is 2.25. The Labute approximate surface area is 97.3 Å². The Kier molecular flexibility index (Phi) is 2.99. The first-order valence-electron chi connectivity index (χ1n) is 5.19. The summed E-state index contributed by atoms with van der Waals surface area (Å²) in [5.74, 6) is -0.554. The molecule has 0 bridgehead atoms. The van der Waals surface area contributed by atoms with Gasteiger partial charge in [0, 0.05) is 11.5 Å². The number of carbonyl (C=O) groups is 1. The van der Waals surface area contributed by atoms with E-state index in [1.54, 1.807) is 19.1 Å². The number of hydrogen-bond donors (Lipinski definition) is 1. The molecule has 1 aromatic heterocycles. The van der Waals surface area contributed by atoms with Crippen LogP contribution in [0.3, 0.4) is 0 Å². The van der Waals surface area contributed by atoms with Gasteiger partial charge in [0.15, 0.2) is 5.82 Å². The average Bonchev–Trinajstić information content (AvgIpc) is 2.73. The summed E-state index contributed by atoms with van der Waals surface area (Å²) in [6.45, 7) is 1.99. The molecule has 1 N–H and O–H groups in total. The van der Waals surface area contributed by atoms with Crippen LogP contribution >= 0.6 is 0 Å². The van der Waals surface area contributed by atoms with Crippen LogP contribution < -0.4 is 4.74 Å². The van der Waals surface area contributed by atoms with Crippen molar-refractivity contribution in [1.82, 2.24) is 4.98 Å². The molecule has 0 aliphatic carbocycles. The van der Waals surface area contributed by atoms with E-state index in [1.807, 2.05) is 0 Å². The van der Waals surface area contributed by atoms with E-state index in [9.17, 15) is 9.18 Å². The fraction of sp³-hybridized carbons (Fsp3) is 0.250. The standard InChI is InChI=1S/C12H12FNO3/c1-3-17-12(15)10-5-7-4-8(16-2)6-9(13)11(7)14-10/h4-6,14H,3H2,1-2H3. The van der Waals surface area contributed by atoms with Gasteiger partial charge in [-0.1, -0.05) is 0 Å². The number of nitrogens with one attached hydrogen (secondary N) is 1. The fourth-order valence-corrected chi connectivity index (χ4v) is 1.61. The maximum absolute atomic E-state index is 13.6. The van der Waals surface area contributed by atoms with E-state index >= 15 is 0 Å². The molecular formula is C12H12FNO3. The maximum atomic E-state index is 13.6. The Hall–Kier alpha value is -2.04. The van der Waals surface area contributed by atoms with Gasteiger partial charge in [-0.3, -0.25) is 0 Å². The highest BCUT2D eigenvalue weighted by atomic mass is 19.1. The van der Waals surface area contributed by atoms with Crippen molar-refractivity contribution >= 4 is 16.9 Å². The highest BCUT2D eigenvalue weighted by molar-refractivity contribution is 5.95. The first-order valence-corrected chi connectivity index (χ1v) is 5.19. The molecule has 1 aromatic carbocycles. The molecule has 0 spiro atoms. The maximum Gasteiger partial charge on any atom is 0.354 e. The number of H-pyrrole nitrogens is 1. The molecule has 0 saturated heterocycles. The van der Waals surface area contributed by atoms with Crippen LogP contribution in [0.15, 0.2) is 18.2 Å². The molecular weight excluding hydrogens is 225 g/mol. The molecule has 90 valence electrons. The SMILES string of the molecule is CCOC(=O)c1cc2cc(OC)cc(F)c2[nH]1. The normalized spacial score (nSPS) is 10.5. The molecule has 0 radical (unpaired) electrons. The Morgan fingerprint density at radius 1 is 1.41 bits per heavy atom. The van der Waals surface area contributed by atoms with Gasteiger partial charge in [0.1, 0.15) is 11.4 Å². The molecule has 2 rings (SSSR count). The average molecular weight is 237 g/mol. The summed E-state index contributed by atoms with van der Waals surface area (Å²) in [5.41, 5.74) is 0.503. The fourth-order valence-electron chi connectivity index (χ4n) is 1.61. The first kappa shape index (κ1) is 11.4. The molecule has 0 aliphatic rings. The number of benzene rings is 1. The zero-order valence-corrected chi connectivity index (χ0v) is 9.54. The minimum Gasteiger partial charge on any atom is -0.497 e. The molecule has 0 aliphatic heterocycles. The summed E-state index contributed by atoms with van der Waals surface area (Å²) in [4.78, 5) is 14.2. The molecule has 17 heavy (non-hydrogen) atoms. The van der Waals surface area contributed by atoms with Crippen LogP contribution in [0.1, 0.15) is 17.4 Å². The van der Waals surface area contributed by atoms with Crippen LogP contribution in [0.5, 0.6) is 5.75 Å². The minimum atomic E-state index is -0.498. The number of esters is 1. The second kappa shape index (κ2) is 4.45. The molecule has 0 amide bonds.